The van der Waals surface area contributed by atoms with Crippen molar-refractivity contribution in [3.8, 4) is 23.0 Å². The number of H-pyrrole nitrogens is 1. The number of aromatic nitrogens is 3. The van der Waals surface area contributed by atoms with Gasteiger partial charge in [-0.05, 0) is 68.2 Å². The molecule has 7 heteroatoms. The standard InChI is InChI=1S/C24H25N5O2/c1-2-4-18(5-3-1)30-19-6-8-20(9-7-19)31-21-12-15-26-23-22(21)24(29-28-23)27-16-17-10-13-25-14-11-17/h1-9,12,15,17,25H,10-11,13-14,16H2,(H2,26,27,28,29). The first-order valence-corrected chi connectivity index (χ1v) is 10.6. The quantitative estimate of drug-likeness (QED) is 0.396. The molecule has 3 heterocycles. The first kappa shape index (κ1) is 19.4. The first-order valence-electron chi connectivity index (χ1n) is 10.6. The third-order valence-corrected chi connectivity index (χ3v) is 5.47. The van der Waals surface area contributed by atoms with Gasteiger partial charge in [0.1, 0.15) is 28.4 Å². The van der Waals surface area contributed by atoms with E-state index in [1.807, 2.05) is 60.7 Å². The van der Waals surface area contributed by atoms with Crippen molar-refractivity contribution in [2.45, 2.75) is 12.8 Å². The molecule has 5 rings (SSSR count). The number of fused-ring (bicyclic) bond motifs is 1. The van der Waals surface area contributed by atoms with Crippen LogP contribution in [0.3, 0.4) is 0 Å². The Morgan fingerprint density at radius 3 is 2.35 bits per heavy atom. The van der Waals surface area contributed by atoms with E-state index in [0.29, 0.717) is 17.3 Å². The van der Waals surface area contributed by atoms with Gasteiger partial charge in [0.05, 0.1) is 0 Å². The minimum absolute atomic E-state index is 0.645. The second-order valence-corrected chi connectivity index (χ2v) is 7.67. The van der Waals surface area contributed by atoms with Crippen LogP contribution in [0.5, 0.6) is 23.0 Å². The number of hydrogen-bond acceptors (Lipinski definition) is 6. The molecule has 4 aromatic rings. The fourth-order valence-corrected chi connectivity index (χ4v) is 3.79. The minimum atomic E-state index is 0.645. The van der Waals surface area contributed by atoms with Gasteiger partial charge in [-0.1, -0.05) is 18.2 Å². The Kier molecular flexibility index (Phi) is 5.66. The van der Waals surface area contributed by atoms with Crippen LogP contribution in [-0.4, -0.2) is 34.8 Å². The molecule has 0 bridgehead atoms. The van der Waals surface area contributed by atoms with E-state index < -0.39 is 0 Å². The molecule has 0 spiro atoms. The van der Waals surface area contributed by atoms with Crippen LogP contribution in [0.1, 0.15) is 12.8 Å². The van der Waals surface area contributed by atoms with Gasteiger partial charge in [0.25, 0.3) is 0 Å². The number of hydrogen-bond donors (Lipinski definition) is 3. The van der Waals surface area contributed by atoms with Crippen molar-refractivity contribution in [1.82, 2.24) is 20.5 Å². The van der Waals surface area contributed by atoms with Gasteiger partial charge in [-0.3, -0.25) is 5.10 Å². The van der Waals surface area contributed by atoms with Crippen LogP contribution in [0.25, 0.3) is 11.0 Å². The molecule has 0 unspecified atom stereocenters. The van der Waals surface area contributed by atoms with E-state index in [1.165, 1.54) is 12.8 Å². The van der Waals surface area contributed by atoms with Crippen LogP contribution in [0, 0.1) is 5.92 Å². The number of anilines is 1. The summed E-state index contributed by atoms with van der Waals surface area (Å²) >= 11 is 0. The molecular formula is C24H25N5O2. The maximum atomic E-state index is 6.18. The third-order valence-electron chi connectivity index (χ3n) is 5.47. The van der Waals surface area contributed by atoms with Gasteiger partial charge in [0, 0.05) is 18.8 Å². The molecule has 1 aliphatic heterocycles. The molecule has 158 valence electrons. The molecule has 0 saturated carbocycles. The number of rotatable bonds is 7. The molecule has 0 amide bonds. The zero-order valence-corrected chi connectivity index (χ0v) is 17.2. The highest BCUT2D eigenvalue weighted by molar-refractivity contribution is 5.92. The van der Waals surface area contributed by atoms with Crippen molar-refractivity contribution >= 4 is 16.9 Å². The number of nitrogens with zero attached hydrogens (tertiary/aromatic N) is 2. The van der Waals surface area contributed by atoms with E-state index in [9.17, 15) is 0 Å². The Morgan fingerprint density at radius 2 is 1.58 bits per heavy atom. The lowest BCUT2D eigenvalue weighted by Gasteiger charge is -2.22. The van der Waals surface area contributed by atoms with Gasteiger partial charge in [-0.25, -0.2) is 4.98 Å². The van der Waals surface area contributed by atoms with E-state index in [0.717, 1.165) is 48.1 Å². The molecule has 1 aliphatic rings. The van der Waals surface area contributed by atoms with Crippen molar-refractivity contribution in [2.75, 3.05) is 25.0 Å². The average molecular weight is 415 g/mol. The summed E-state index contributed by atoms with van der Waals surface area (Å²) in [6.07, 6.45) is 4.07. The van der Waals surface area contributed by atoms with E-state index in [-0.39, 0.29) is 0 Å². The lowest BCUT2D eigenvalue weighted by atomic mass is 9.98. The molecule has 3 N–H and O–H groups in total. The molecule has 0 atom stereocenters. The topological polar surface area (TPSA) is 84.1 Å². The zero-order valence-electron chi connectivity index (χ0n) is 17.2. The van der Waals surface area contributed by atoms with Crippen LogP contribution >= 0.6 is 0 Å². The van der Waals surface area contributed by atoms with E-state index in [4.69, 9.17) is 9.47 Å². The third kappa shape index (κ3) is 4.62. The monoisotopic (exact) mass is 415 g/mol. The Morgan fingerprint density at radius 1 is 0.871 bits per heavy atom. The maximum Gasteiger partial charge on any atom is 0.161 e. The molecule has 1 saturated heterocycles. The van der Waals surface area contributed by atoms with Crippen LogP contribution < -0.4 is 20.1 Å². The van der Waals surface area contributed by atoms with E-state index in [2.05, 4.69) is 25.8 Å². The van der Waals surface area contributed by atoms with Crippen LogP contribution in [0.4, 0.5) is 5.82 Å². The van der Waals surface area contributed by atoms with Crippen molar-refractivity contribution < 1.29 is 9.47 Å². The highest BCUT2D eigenvalue weighted by atomic mass is 16.5. The van der Waals surface area contributed by atoms with Gasteiger partial charge in [0.15, 0.2) is 11.5 Å². The van der Waals surface area contributed by atoms with Gasteiger partial charge >= 0.3 is 0 Å². The number of pyridine rings is 1. The summed E-state index contributed by atoms with van der Waals surface area (Å²) in [6.45, 7) is 3.04. The van der Waals surface area contributed by atoms with E-state index >= 15 is 0 Å². The first-order chi connectivity index (χ1) is 15.3. The Hall–Kier alpha value is -3.58. The summed E-state index contributed by atoms with van der Waals surface area (Å²) in [4.78, 5) is 4.39. The Bertz CT molecular complexity index is 1120. The Balaban J connectivity index is 1.31. The molecule has 31 heavy (non-hydrogen) atoms. The SMILES string of the molecule is c1ccc(Oc2ccc(Oc3ccnc4[nH]nc(NCC5CCNCC5)c34)cc2)cc1. The summed E-state index contributed by atoms with van der Waals surface area (Å²) in [5.41, 5.74) is 0.703. The number of ether oxygens (including phenoxy) is 2. The summed E-state index contributed by atoms with van der Waals surface area (Å²) in [7, 11) is 0. The van der Waals surface area contributed by atoms with Gasteiger partial charge in [-0.15, -0.1) is 0 Å². The average Bonchev–Trinajstić information content (AvgIpc) is 3.25. The highest BCUT2D eigenvalue weighted by Crippen LogP contribution is 2.34. The normalized spacial score (nSPS) is 14.5. The summed E-state index contributed by atoms with van der Waals surface area (Å²) in [6, 6.07) is 19.2. The molecule has 1 fully saturated rings. The lowest BCUT2D eigenvalue weighted by Crippen LogP contribution is -2.31. The fraction of sp³-hybridized carbons (Fsp3) is 0.250. The van der Waals surface area contributed by atoms with Crippen LogP contribution in [-0.2, 0) is 0 Å². The number of nitrogens with one attached hydrogen (secondary N) is 3. The Labute approximate surface area is 180 Å². The predicted molar refractivity (Wildman–Crippen MR) is 121 cm³/mol. The molecule has 2 aromatic carbocycles. The molecule has 0 radical (unpaired) electrons. The van der Waals surface area contributed by atoms with Crippen LogP contribution in [0.2, 0.25) is 0 Å². The van der Waals surface area contributed by atoms with Crippen molar-refractivity contribution in [3.05, 3.63) is 66.9 Å². The number of aromatic amines is 1. The van der Waals surface area contributed by atoms with Crippen molar-refractivity contribution in [3.63, 3.8) is 0 Å². The smallest absolute Gasteiger partial charge is 0.161 e. The lowest BCUT2D eigenvalue weighted by molar-refractivity contribution is 0.389. The second-order valence-electron chi connectivity index (χ2n) is 7.67. The summed E-state index contributed by atoms with van der Waals surface area (Å²) in [5, 5.41) is 15.2. The summed E-state index contributed by atoms with van der Waals surface area (Å²) in [5.74, 6) is 4.41. The minimum Gasteiger partial charge on any atom is -0.457 e. The molecule has 7 nitrogen and oxygen atoms in total. The molecule has 2 aromatic heterocycles. The fourth-order valence-electron chi connectivity index (χ4n) is 3.79. The number of benzene rings is 2. The summed E-state index contributed by atoms with van der Waals surface area (Å²) < 4.78 is 12.0. The van der Waals surface area contributed by atoms with Gasteiger partial charge in [0.2, 0.25) is 0 Å². The molecule has 0 aliphatic carbocycles. The highest BCUT2D eigenvalue weighted by Gasteiger charge is 2.17. The number of para-hydroxylation sites is 1. The largest absolute Gasteiger partial charge is 0.457 e. The van der Waals surface area contributed by atoms with Crippen molar-refractivity contribution in [1.29, 1.82) is 0 Å². The maximum absolute atomic E-state index is 6.18. The number of piperidine rings is 1. The second kappa shape index (κ2) is 9.06. The van der Waals surface area contributed by atoms with Gasteiger partial charge in [-0.2, -0.15) is 5.10 Å². The van der Waals surface area contributed by atoms with Gasteiger partial charge < -0.3 is 20.1 Å². The van der Waals surface area contributed by atoms with Crippen LogP contribution in [0.15, 0.2) is 66.9 Å². The van der Waals surface area contributed by atoms with Crippen molar-refractivity contribution in [2.24, 2.45) is 5.92 Å². The zero-order chi connectivity index (χ0) is 20.9. The molecular weight excluding hydrogens is 390 g/mol. The van der Waals surface area contributed by atoms with E-state index in [1.54, 1.807) is 6.20 Å². The predicted octanol–water partition coefficient (Wildman–Crippen LogP) is 4.95.